The van der Waals surface area contributed by atoms with Crippen molar-refractivity contribution in [3.05, 3.63) is 65.5 Å². The second-order valence-corrected chi connectivity index (χ2v) is 6.80. The van der Waals surface area contributed by atoms with E-state index in [1.807, 2.05) is 25.3 Å². The molecule has 1 heterocycles. The monoisotopic (exact) mass is 404 g/mol. The molecule has 1 aromatic heterocycles. The van der Waals surface area contributed by atoms with Crippen LogP contribution in [-0.2, 0) is 13.0 Å². The summed E-state index contributed by atoms with van der Waals surface area (Å²) < 4.78 is 48.8. The number of rotatable bonds is 7. The van der Waals surface area contributed by atoms with Crippen molar-refractivity contribution in [2.75, 3.05) is 7.11 Å². The molecule has 0 aliphatic rings. The molecule has 0 radical (unpaired) electrons. The van der Waals surface area contributed by atoms with E-state index in [4.69, 9.17) is 4.74 Å². The fourth-order valence-electron chi connectivity index (χ4n) is 3.28. The Labute approximate surface area is 167 Å². The van der Waals surface area contributed by atoms with Gasteiger partial charge in [-0.25, -0.2) is 4.98 Å². The van der Waals surface area contributed by atoms with Gasteiger partial charge in [0.2, 0.25) is 0 Å². The molecule has 0 saturated heterocycles. The van der Waals surface area contributed by atoms with Crippen molar-refractivity contribution in [1.29, 1.82) is 0 Å². The highest BCUT2D eigenvalue weighted by Crippen LogP contribution is 2.29. The van der Waals surface area contributed by atoms with E-state index in [1.54, 1.807) is 19.2 Å². The average Bonchev–Trinajstić information content (AvgIpc) is 3.04. The van der Waals surface area contributed by atoms with Crippen LogP contribution in [0.4, 0.5) is 13.2 Å². The number of hydrogen-bond acceptors (Lipinski definition) is 3. The summed E-state index contributed by atoms with van der Waals surface area (Å²) in [5.41, 5.74) is 3.91. The molecule has 3 rings (SSSR count). The van der Waals surface area contributed by atoms with Gasteiger partial charge in [0.1, 0.15) is 17.3 Å². The molecule has 0 atom stereocenters. The zero-order valence-corrected chi connectivity index (χ0v) is 16.6. The maximum atomic E-state index is 12.4. The number of ether oxygens (including phenoxy) is 2. The maximum absolute atomic E-state index is 12.4. The molecule has 0 unspecified atom stereocenters. The van der Waals surface area contributed by atoms with Crippen molar-refractivity contribution in [3.8, 4) is 22.9 Å². The van der Waals surface area contributed by atoms with E-state index in [0.717, 1.165) is 35.4 Å². The third-order valence-corrected chi connectivity index (χ3v) is 4.55. The van der Waals surface area contributed by atoms with E-state index >= 15 is 0 Å². The smallest absolute Gasteiger partial charge is 0.496 e. The predicted octanol–water partition coefficient (Wildman–Crippen LogP) is 5.77. The van der Waals surface area contributed by atoms with E-state index in [2.05, 4.69) is 27.3 Å². The van der Waals surface area contributed by atoms with Gasteiger partial charge in [0.25, 0.3) is 0 Å². The summed E-state index contributed by atoms with van der Waals surface area (Å²) in [5, 5.41) is 0. The van der Waals surface area contributed by atoms with E-state index in [9.17, 15) is 13.2 Å². The van der Waals surface area contributed by atoms with Crippen LogP contribution in [0, 0.1) is 6.92 Å². The van der Waals surface area contributed by atoms with Gasteiger partial charge in [0, 0.05) is 23.0 Å². The molecule has 154 valence electrons. The Balaban J connectivity index is 1.98. The Morgan fingerprint density at radius 2 is 1.79 bits per heavy atom. The highest BCUT2D eigenvalue weighted by molar-refractivity contribution is 5.58. The summed E-state index contributed by atoms with van der Waals surface area (Å²) in [6.45, 7) is 4.66. The van der Waals surface area contributed by atoms with E-state index in [-0.39, 0.29) is 5.75 Å². The number of aryl methyl sites for hydroxylation is 2. The van der Waals surface area contributed by atoms with Crippen LogP contribution in [-0.4, -0.2) is 23.0 Å². The van der Waals surface area contributed by atoms with Crippen LogP contribution >= 0.6 is 0 Å². The molecule has 0 bridgehead atoms. The molecular formula is C22H23F3N2O2. The van der Waals surface area contributed by atoms with E-state index in [1.165, 1.54) is 12.1 Å². The molecule has 0 aliphatic heterocycles. The fraction of sp³-hybridized carbons (Fsp3) is 0.318. The summed E-state index contributed by atoms with van der Waals surface area (Å²) in [5.74, 6) is 1.22. The van der Waals surface area contributed by atoms with Crippen molar-refractivity contribution in [2.45, 2.75) is 39.6 Å². The lowest BCUT2D eigenvalue weighted by molar-refractivity contribution is -0.274. The number of hydrogen-bond donors (Lipinski definition) is 0. The van der Waals surface area contributed by atoms with Gasteiger partial charge >= 0.3 is 6.36 Å². The van der Waals surface area contributed by atoms with Crippen LogP contribution in [0.5, 0.6) is 11.5 Å². The van der Waals surface area contributed by atoms with E-state index in [0.29, 0.717) is 17.9 Å². The lowest BCUT2D eigenvalue weighted by Crippen LogP contribution is -2.17. The number of nitrogens with zero attached hydrogens (tertiary/aromatic N) is 2. The first-order valence-electron chi connectivity index (χ1n) is 9.35. The summed E-state index contributed by atoms with van der Waals surface area (Å²) in [6, 6.07) is 11.8. The maximum Gasteiger partial charge on any atom is 0.573 e. The molecule has 0 fully saturated rings. The SMILES string of the molecule is CCCc1cnc(-c2ccc(OC(F)(F)F)cc2)n1Cc1cc(C)ccc1OC. The lowest BCUT2D eigenvalue weighted by Gasteiger charge is -2.15. The Morgan fingerprint density at radius 3 is 2.41 bits per heavy atom. The zero-order valence-electron chi connectivity index (χ0n) is 16.6. The molecular weight excluding hydrogens is 381 g/mol. The number of methoxy groups -OCH3 is 1. The molecule has 29 heavy (non-hydrogen) atoms. The summed E-state index contributed by atoms with van der Waals surface area (Å²) in [4.78, 5) is 4.54. The third-order valence-electron chi connectivity index (χ3n) is 4.55. The number of halogens is 3. The Morgan fingerprint density at radius 1 is 1.07 bits per heavy atom. The summed E-state index contributed by atoms with van der Waals surface area (Å²) >= 11 is 0. The van der Waals surface area contributed by atoms with Gasteiger partial charge in [0.15, 0.2) is 0 Å². The van der Waals surface area contributed by atoms with Crippen molar-refractivity contribution >= 4 is 0 Å². The van der Waals surface area contributed by atoms with E-state index < -0.39 is 6.36 Å². The highest BCUT2D eigenvalue weighted by atomic mass is 19.4. The van der Waals surface area contributed by atoms with Gasteiger partial charge in [-0.05, 0) is 43.7 Å². The van der Waals surface area contributed by atoms with Gasteiger partial charge in [-0.1, -0.05) is 31.0 Å². The molecule has 0 amide bonds. The first-order chi connectivity index (χ1) is 13.8. The van der Waals surface area contributed by atoms with Gasteiger partial charge < -0.3 is 14.0 Å². The molecule has 3 aromatic rings. The number of imidazole rings is 1. The van der Waals surface area contributed by atoms with Crippen LogP contribution < -0.4 is 9.47 Å². The number of benzene rings is 2. The molecule has 4 nitrogen and oxygen atoms in total. The fourth-order valence-corrected chi connectivity index (χ4v) is 3.28. The highest BCUT2D eigenvalue weighted by Gasteiger charge is 2.31. The largest absolute Gasteiger partial charge is 0.573 e. The van der Waals surface area contributed by atoms with Crippen LogP contribution in [0.1, 0.15) is 30.2 Å². The minimum Gasteiger partial charge on any atom is -0.496 e. The molecule has 2 aromatic carbocycles. The topological polar surface area (TPSA) is 36.3 Å². The second-order valence-electron chi connectivity index (χ2n) is 6.80. The molecule has 7 heteroatoms. The quantitative estimate of drug-likeness (QED) is 0.502. The molecule has 0 N–H and O–H groups in total. The second kappa shape index (κ2) is 8.59. The molecule has 0 aliphatic carbocycles. The predicted molar refractivity (Wildman–Crippen MR) is 105 cm³/mol. The van der Waals surface area contributed by atoms with Crippen molar-refractivity contribution in [1.82, 2.24) is 9.55 Å². The normalized spacial score (nSPS) is 11.5. The van der Waals surface area contributed by atoms with Crippen LogP contribution in [0.3, 0.4) is 0 Å². The summed E-state index contributed by atoms with van der Waals surface area (Å²) in [6.07, 6.45) is -1.10. The van der Waals surface area contributed by atoms with Gasteiger partial charge in [-0.2, -0.15) is 0 Å². The first-order valence-corrected chi connectivity index (χ1v) is 9.35. The zero-order chi connectivity index (χ0) is 21.0. The Bertz CT molecular complexity index is 963. The van der Waals surface area contributed by atoms with Crippen molar-refractivity contribution in [2.24, 2.45) is 0 Å². The minimum atomic E-state index is -4.71. The van der Waals surface area contributed by atoms with Gasteiger partial charge in [-0.3, -0.25) is 0 Å². The molecule has 0 saturated carbocycles. The number of aromatic nitrogens is 2. The van der Waals surface area contributed by atoms with Crippen LogP contribution in [0.25, 0.3) is 11.4 Å². The number of alkyl halides is 3. The van der Waals surface area contributed by atoms with Crippen LogP contribution in [0.2, 0.25) is 0 Å². The van der Waals surface area contributed by atoms with Gasteiger partial charge in [-0.15, -0.1) is 13.2 Å². The standard InChI is InChI=1S/C22H23F3N2O2/c1-4-5-18-13-26-21(16-7-9-19(10-8-16)29-22(23,24)25)27(18)14-17-12-15(2)6-11-20(17)28-3/h6-13H,4-5,14H2,1-3H3. The van der Waals surface area contributed by atoms with Crippen molar-refractivity contribution < 1.29 is 22.6 Å². The Hall–Kier alpha value is -2.96. The van der Waals surface area contributed by atoms with Crippen molar-refractivity contribution in [3.63, 3.8) is 0 Å². The third kappa shape index (κ3) is 5.10. The van der Waals surface area contributed by atoms with Crippen LogP contribution in [0.15, 0.2) is 48.7 Å². The first kappa shape index (κ1) is 20.8. The van der Waals surface area contributed by atoms with Gasteiger partial charge in [0.05, 0.1) is 13.7 Å². The summed E-state index contributed by atoms with van der Waals surface area (Å²) in [7, 11) is 1.63. The molecule has 0 spiro atoms. The lowest BCUT2D eigenvalue weighted by atomic mass is 10.1. The average molecular weight is 404 g/mol. The Kier molecular flexibility index (Phi) is 6.15. The minimum absolute atomic E-state index is 0.256.